The molecule has 2 aliphatic carbocycles. The summed E-state index contributed by atoms with van der Waals surface area (Å²) < 4.78 is 0. The lowest BCUT2D eigenvalue weighted by Gasteiger charge is -2.17. The first-order chi connectivity index (χ1) is 26.5. The van der Waals surface area contributed by atoms with E-state index in [2.05, 4.69) is 46.4 Å². The van der Waals surface area contributed by atoms with Crippen molar-refractivity contribution in [1.29, 1.82) is 42.1 Å². The lowest BCUT2D eigenvalue weighted by molar-refractivity contribution is 1.26. The van der Waals surface area contributed by atoms with Gasteiger partial charge in [0, 0.05) is 56.9 Å². The van der Waals surface area contributed by atoms with Gasteiger partial charge in [-0.25, -0.2) is 0 Å². The first-order valence-corrected chi connectivity index (χ1v) is 16.0. The fraction of sp³-hybridized carbons (Fsp3) is 0. The van der Waals surface area contributed by atoms with Crippen LogP contribution in [0.2, 0.25) is 0 Å². The maximum atomic E-state index is 11.1. The predicted molar refractivity (Wildman–Crippen MR) is 196 cm³/mol. The number of allylic oxidation sites excluding steroid dienone is 8. The Morgan fingerprint density at radius 2 is 0.796 bits per heavy atom. The summed E-state index contributed by atoms with van der Waals surface area (Å²) in [6.45, 7) is 0. The van der Waals surface area contributed by atoms with E-state index in [9.17, 15) is 42.1 Å². The quantitative estimate of drug-likeness (QED) is 0.168. The van der Waals surface area contributed by atoms with Crippen LogP contribution in [-0.2, 0) is 0 Å². The van der Waals surface area contributed by atoms with Gasteiger partial charge in [-0.2, -0.15) is 42.1 Å². The van der Waals surface area contributed by atoms with Gasteiger partial charge >= 0.3 is 0 Å². The molecule has 3 aromatic carbocycles. The standard InChI is InChI=1S/C44H16N10/c45-15-25-11-13-35(53-23-25)29(17-47)41-37(27-7-3-1-4-8-27)31(19-49)39-33(21-51)44-40(34(22-52)43(39)41)32(20-50)38(28-9-5-2-6-10-28)42(44)30(18-48)36-14-12-26(16-46)24-54-36/h1-14,23-24H/b41-29+,42-30+. The maximum absolute atomic E-state index is 11.1. The summed E-state index contributed by atoms with van der Waals surface area (Å²) >= 11 is 0. The summed E-state index contributed by atoms with van der Waals surface area (Å²) in [5.74, 6) is 0. The number of hydrogen-bond donors (Lipinski definition) is 0. The van der Waals surface area contributed by atoms with E-state index in [1.807, 2.05) is 12.1 Å². The van der Waals surface area contributed by atoms with Crippen LogP contribution in [0.5, 0.6) is 0 Å². The molecule has 0 spiro atoms. The number of fused-ring (bicyclic) bond motifs is 2. The van der Waals surface area contributed by atoms with E-state index in [1.165, 1.54) is 36.7 Å². The second-order valence-corrected chi connectivity index (χ2v) is 11.7. The fourth-order valence-corrected chi connectivity index (χ4v) is 6.93. The molecule has 0 unspecified atom stereocenters. The van der Waals surface area contributed by atoms with Crippen molar-refractivity contribution in [1.82, 2.24) is 9.97 Å². The minimum atomic E-state index is -0.0980. The van der Waals surface area contributed by atoms with E-state index in [0.29, 0.717) is 11.1 Å². The molecule has 242 valence electrons. The third-order valence-electron chi connectivity index (χ3n) is 9.09. The van der Waals surface area contributed by atoms with Crippen LogP contribution in [-0.4, -0.2) is 9.97 Å². The molecular weight excluding hydrogens is 669 g/mol. The summed E-state index contributed by atoms with van der Waals surface area (Å²) in [6, 6.07) is 40.8. The van der Waals surface area contributed by atoms with Gasteiger partial charge in [-0.3, -0.25) is 9.97 Å². The number of aromatic nitrogens is 2. The van der Waals surface area contributed by atoms with Gasteiger partial charge in [-0.05, 0) is 35.4 Å². The van der Waals surface area contributed by atoms with Crippen LogP contribution in [0, 0.1) is 90.6 Å². The largest absolute Gasteiger partial charge is 0.254 e. The predicted octanol–water partition coefficient (Wildman–Crippen LogP) is 7.73. The lowest BCUT2D eigenvalue weighted by Crippen LogP contribution is -2.05. The van der Waals surface area contributed by atoms with Crippen molar-refractivity contribution < 1.29 is 0 Å². The zero-order chi connectivity index (χ0) is 37.9. The average Bonchev–Trinajstić information content (AvgIpc) is 3.75. The van der Waals surface area contributed by atoms with Crippen LogP contribution >= 0.6 is 0 Å². The Morgan fingerprint density at radius 1 is 0.407 bits per heavy atom. The van der Waals surface area contributed by atoms with Gasteiger partial charge in [0.05, 0.1) is 55.9 Å². The molecule has 0 N–H and O–H groups in total. The van der Waals surface area contributed by atoms with Crippen molar-refractivity contribution in [3.63, 3.8) is 0 Å². The highest BCUT2D eigenvalue weighted by atomic mass is 14.7. The van der Waals surface area contributed by atoms with E-state index >= 15 is 0 Å². The SMILES string of the molecule is N#CC1=C(c2ccccc2)/C(=C(/C#N)c2ccc(C#N)cn2)c2c(C#N)c3c(c(C#N)c21)/C(=C(\C#N)c1ccc(C#N)cn1)C(c1ccccc1)=C3C#N. The Kier molecular flexibility index (Phi) is 8.41. The Hall–Kier alpha value is -9.16. The van der Waals surface area contributed by atoms with Crippen molar-refractivity contribution in [3.05, 3.63) is 164 Å². The van der Waals surface area contributed by atoms with E-state index in [-0.39, 0.29) is 100 Å². The molecule has 0 aliphatic heterocycles. The third-order valence-corrected chi connectivity index (χ3v) is 9.09. The van der Waals surface area contributed by atoms with Crippen molar-refractivity contribution in [3.8, 4) is 48.6 Å². The van der Waals surface area contributed by atoms with Crippen LogP contribution in [0.1, 0.15) is 67.0 Å². The summed E-state index contributed by atoms with van der Waals surface area (Å²) in [5, 5.41) is 84.6. The molecule has 5 aromatic rings. The van der Waals surface area contributed by atoms with Crippen LogP contribution in [0.3, 0.4) is 0 Å². The van der Waals surface area contributed by atoms with Gasteiger partial charge in [0.2, 0.25) is 0 Å². The molecule has 0 amide bonds. The second kappa shape index (κ2) is 13.6. The number of hydrogen-bond acceptors (Lipinski definition) is 10. The number of benzene rings is 3. The number of nitriles is 8. The third kappa shape index (κ3) is 4.97. The molecule has 10 nitrogen and oxygen atoms in total. The van der Waals surface area contributed by atoms with Crippen LogP contribution in [0.4, 0.5) is 0 Å². The zero-order valence-corrected chi connectivity index (χ0v) is 27.7. The highest BCUT2D eigenvalue weighted by Crippen LogP contribution is 2.59. The van der Waals surface area contributed by atoms with Crippen LogP contribution in [0.15, 0.2) is 97.3 Å². The van der Waals surface area contributed by atoms with E-state index in [0.717, 1.165) is 0 Å². The second-order valence-electron chi connectivity index (χ2n) is 11.7. The minimum Gasteiger partial charge on any atom is -0.254 e. The normalized spacial score (nSPS) is 14.1. The van der Waals surface area contributed by atoms with E-state index < -0.39 is 0 Å². The van der Waals surface area contributed by atoms with Gasteiger partial charge in [0.25, 0.3) is 0 Å². The Balaban J connectivity index is 1.75. The molecule has 54 heavy (non-hydrogen) atoms. The van der Waals surface area contributed by atoms with Gasteiger partial charge in [0.1, 0.15) is 48.6 Å². The van der Waals surface area contributed by atoms with Gasteiger partial charge in [0.15, 0.2) is 0 Å². The smallest absolute Gasteiger partial charge is 0.102 e. The molecule has 0 radical (unpaired) electrons. The highest BCUT2D eigenvalue weighted by Gasteiger charge is 2.43. The zero-order valence-electron chi connectivity index (χ0n) is 27.7. The number of rotatable bonds is 4. The topological polar surface area (TPSA) is 216 Å². The molecule has 0 fully saturated rings. The van der Waals surface area contributed by atoms with Crippen molar-refractivity contribution in [2.24, 2.45) is 0 Å². The van der Waals surface area contributed by atoms with Crippen molar-refractivity contribution in [2.75, 3.05) is 0 Å². The molecule has 0 bridgehead atoms. The number of nitrogens with zero attached hydrogens (tertiary/aromatic N) is 10. The Morgan fingerprint density at radius 3 is 1.07 bits per heavy atom. The summed E-state index contributed by atoms with van der Waals surface area (Å²) in [7, 11) is 0. The molecule has 0 saturated carbocycles. The molecular formula is C44H16N10. The minimum absolute atomic E-state index is 0.00975. The first-order valence-electron chi connectivity index (χ1n) is 16.0. The summed E-state index contributed by atoms with van der Waals surface area (Å²) in [6.07, 6.45) is 2.60. The molecule has 10 heteroatoms. The fourth-order valence-electron chi connectivity index (χ4n) is 6.93. The maximum Gasteiger partial charge on any atom is 0.102 e. The molecule has 2 aromatic heterocycles. The Bertz CT molecular complexity index is 2760. The van der Waals surface area contributed by atoms with Gasteiger partial charge < -0.3 is 0 Å². The van der Waals surface area contributed by atoms with Crippen molar-refractivity contribution >= 4 is 44.6 Å². The molecule has 0 saturated heterocycles. The lowest BCUT2D eigenvalue weighted by atomic mass is 9.82. The average molecular weight is 685 g/mol. The molecule has 2 aliphatic rings. The number of pyridine rings is 2. The van der Waals surface area contributed by atoms with E-state index in [1.54, 1.807) is 60.7 Å². The first kappa shape index (κ1) is 33.3. The molecule has 7 rings (SSSR count). The van der Waals surface area contributed by atoms with Gasteiger partial charge in [-0.15, -0.1) is 0 Å². The van der Waals surface area contributed by atoms with Crippen LogP contribution in [0.25, 0.3) is 44.6 Å². The highest BCUT2D eigenvalue weighted by molar-refractivity contribution is 6.36. The molecule has 0 atom stereocenters. The van der Waals surface area contributed by atoms with E-state index in [4.69, 9.17) is 0 Å². The Labute approximate surface area is 308 Å². The van der Waals surface area contributed by atoms with Crippen LogP contribution < -0.4 is 0 Å². The van der Waals surface area contributed by atoms with Gasteiger partial charge in [-0.1, -0.05) is 60.7 Å². The van der Waals surface area contributed by atoms with Crippen molar-refractivity contribution in [2.45, 2.75) is 0 Å². The monoisotopic (exact) mass is 684 g/mol. The summed E-state index contributed by atoms with van der Waals surface area (Å²) in [5.41, 5.74) is 2.60. The molecule has 2 heterocycles. The summed E-state index contributed by atoms with van der Waals surface area (Å²) in [4.78, 5) is 8.75.